The predicted molar refractivity (Wildman–Crippen MR) is 80.0 cm³/mol. The largest absolute Gasteiger partial charge is 0.319 e. The van der Waals surface area contributed by atoms with Crippen LogP contribution in [0.15, 0.2) is 29.2 Å². The van der Waals surface area contributed by atoms with Crippen molar-refractivity contribution >= 4 is 32.6 Å². The molecule has 2 rings (SSSR count). The van der Waals surface area contributed by atoms with E-state index in [1.165, 1.54) is 0 Å². The van der Waals surface area contributed by atoms with Crippen LogP contribution in [0.1, 0.15) is 6.42 Å². The van der Waals surface area contributed by atoms with Crippen LogP contribution in [-0.2, 0) is 10.0 Å². The number of halogens is 1. The first kappa shape index (κ1) is 14.2. The maximum absolute atomic E-state index is 12.4. The lowest BCUT2D eigenvalue weighted by Crippen LogP contribution is -2.30. The van der Waals surface area contributed by atoms with Crippen molar-refractivity contribution in [3.63, 3.8) is 0 Å². The molecule has 0 amide bonds. The van der Waals surface area contributed by atoms with Gasteiger partial charge in [-0.1, -0.05) is 6.07 Å². The SMILES string of the molecule is CNCC1CCN(S(=O)(=O)c2cccc(I)c2)C1. The van der Waals surface area contributed by atoms with E-state index in [9.17, 15) is 8.42 Å². The van der Waals surface area contributed by atoms with Crippen LogP contribution in [0.4, 0.5) is 0 Å². The minimum Gasteiger partial charge on any atom is -0.319 e. The lowest BCUT2D eigenvalue weighted by molar-refractivity contribution is 0.451. The van der Waals surface area contributed by atoms with E-state index in [2.05, 4.69) is 27.9 Å². The molecule has 1 aliphatic heterocycles. The van der Waals surface area contributed by atoms with Gasteiger partial charge in [0.05, 0.1) is 4.90 Å². The Morgan fingerprint density at radius 3 is 2.94 bits per heavy atom. The van der Waals surface area contributed by atoms with Crippen LogP contribution < -0.4 is 5.32 Å². The molecule has 100 valence electrons. The van der Waals surface area contributed by atoms with Crippen molar-refractivity contribution in [3.8, 4) is 0 Å². The highest BCUT2D eigenvalue weighted by Gasteiger charge is 2.32. The van der Waals surface area contributed by atoms with E-state index in [0.29, 0.717) is 23.9 Å². The van der Waals surface area contributed by atoms with Crippen LogP contribution in [0.3, 0.4) is 0 Å². The van der Waals surface area contributed by atoms with Gasteiger partial charge in [-0.25, -0.2) is 8.42 Å². The van der Waals surface area contributed by atoms with Crippen molar-refractivity contribution < 1.29 is 8.42 Å². The lowest BCUT2D eigenvalue weighted by atomic mass is 10.1. The smallest absolute Gasteiger partial charge is 0.243 e. The highest BCUT2D eigenvalue weighted by atomic mass is 127. The zero-order valence-electron chi connectivity index (χ0n) is 10.3. The predicted octanol–water partition coefficient (Wildman–Crippen LogP) is 1.52. The molecule has 1 N–H and O–H groups in total. The molecule has 0 aliphatic carbocycles. The third-order valence-corrected chi connectivity index (χ3v) is 5.71. The third kappa shape index (κ3) is 3.04. The molecule has 1 aromatic rings. The first-order valence-electron chi connectivity index (χ1n) is 5.94. The summed E-state index contributed by atoms with van der Waals surface area (Å²) in [6.07, 6.45) is 0.935. The molecular formula is C12H17IN2O2S. The highest BCUT2D eigenvalue weighted by Crippen LogP contribution is 2.24. The maximum Gasteiger partial charge on any atom is 0.243 e. The molecule has 0 radical (unpaired) electrons. The summed E-state index contributed by atoms with van der Waals surface area (Å²) in [6, 6.07) is 7.08. The summed E-state index contributed by atoms with van der Waals surface area (Å²) >= 11 is 2.13. The Morgan fingerprint density at radius 1 is 1.50 bits per heavy atom. The number of sulfonamides is 1. The van der Waals surface area contributed by atoms with E-state index in [4.69, 9.17) is 0 Å². The highest BCUT2D eigenvalue weighted by molar-refractivity contribution is 14.1. The topological polar surface area (TPSA) is 49.4 Å². The van der Waals surface area contributed by atoms with E-state index in [1.54, 1.807) is 22.5 Å². The van der Waals surface area contributed by atoms with Gasteiger partial charge >= 0.3 is 0 Å². The quantitative estimate of drug-likeness (QED) is 0.806. The molecule has 0 saturated carbocycles. The Hall–Kier alpha value is -0.180. The number of nitrogens with one attached hydrogen (secondary N) is 1. The molecule has 1 aromatic carbocycles. The maximum atomic E-state index is 12.4. The number of hydrogen-bond donors (Lipinski definition) is 1. The first-order chi connectivity index (χ1) is 8.54. The minimum atomic E-state index is -3.31. The summed E-state index contributed by atoms with van der Waals surface area (Å²) in [6.45, 7) is 2.12. The lowest BCUT2D eigenvalue weighted by Gasteiger charge is -2.16. The van der Waals surface area contributed by atoms with E-state index in [0.717, 1.165) is 16.5 Å². The van der Waals surface area contributed by atoms with Gasteiger partial charge in [-0.05, 0) is 66.7 Å². The fourth-order valence-corrected chi connectivity index (χ4v) is 4.58. The number of benzene rings is 1. The van der Waals surface area contributed by atoms with Crippen molar-refractivity contribution in [2.45, 2.75) is 11.3 Å². The zero-order valence-corrected chi connectivity index (χ0v) is 13.2. The van der Waals surface area contributed by atoms with Crippen LogP contribution >= 0.6 is 22.6 Å². The summed E-state index contributed by atoms with van der Waals surface area (Å²) in [5.74, 6) is 0.424. The monoisotopic (exact) mass is 380 g/mol. The molecular weight excluding hydrogens is 363 g/mol. The number of nitrogens with zero attached hydrogens (tertiary/aromatic N) is 1. The minimum absolute atomic E-state index is 0.402. The summed E-state index contributed by atoms with van der Waals surface area (Å²) < 4.78 is 27.4. The molecule has 1 unspecified atom stereocenters. The van der Waals surface area contributed by atoms with Crippen LogP contribution in [0.5, 0.6) is 0 Å². The second kappa shape index (κ2) is 5.85. The fraction of sp³-hybridized carbons (Fsp3) is 0.500. The van der Waals surface area contributed by atoms with Gasteiger partial charge in [-0.2, -0.15) is 4.31 Å². The van der Waals surface area contributed by atoms with Crippen LogP contribution in [0.2, 0.25) is 0 Å². The Morgan fingerprint density at radius 2 is 2.28 bits per heavy atom. The van der Waals surface area contributed by atoms with Crippen molar-refractivity contribution in [1.82, 2.24) is 9.62 Å². The summed E-state index contributed by atoms with van der Waals surface area (Å²) in [4.78, 5) is 0.402. The molecule has 1 aliphatic rings. The van der Waals surface area contributed by atoms with E-state index in [1.807, 2.05) is 13.1 Å². The van der Waals surface area contributed by atoms with Gasteiger partial charge in [0.25, 0.3) is 0 Å². The van der Waals surface area contributed by atoms with Gasteiger partial charge < -0.3 is 5.32 Å². The summed E-state index contributed by atoms with van der Waals surface area (Å²) in [5.41, 5.74) is 0. The zero-order chi connectivity index (χ0) is 13.2. The molecule has 4 nitrogen and oxygen atoms in total. The molecule has 1 heterocycles. The molecule has 0 aromatic heterocycles. The Labute approximate surface area is 122 Å². The average molecular weight is 380 g/mol. The van der Waals surface area contributed by atoms with Gasteiger partial charge in [-0.3, -0.25) is 0 Å². The van der Waals surface area contributed by atoms with Gasteiger partial charge in [0, 0.05) is 16.7 Å². The molecule has 18 heavy (non-hydrogen) atoms. The summed E-state index contributed by atoms with van der Waals surface area (Å²) in [5, 5.41) is 3.11. The van der Waals surface area contributed by atoms with E-state index < -0.39 is 10.0 Å². The Bertz CT molecular complexity index is 519. The van der Waals surface area contributed by atoms with Crippen molar-refractivity contribution in [1.29, 1.82) is 0 Å². The van der Waals surface area contributed by atoms with Crippen molar-refractivity contribution in [2.24, 2.45) is 5.92 Å². The van der Waals surface area contributed by atoms with Crippen LogP contribution in [0, 0.1) is 9.49 Å². The first-order valence-corrected chi connectivity index (χ1v) is 8.46. The van der Waals surface area contributed by atoms with E-state index >= 15 is 0 Å². The summed E-state index contributed by atoms with van der Waals surface area (Å²) in [7, 11) is -1.41. The molecule has 0 spiro atoms. The van der Waals surface area contributed by atoms with E-state index in [-0.39, 0.29) is 0 Å². The third-order valence-electron chi connectivity index (χ3n) is 3.18. The molecule has 6 heteroatoms. The normalized spacial score (nSPS) is 21.3. The fourth-order valence-electron chi connectivity index (χ4n) is 2.25. The standard InChI is InChI=1S/C12H17IN2O2S/c1-14-8-10-5-6-15(9-10)18(16,17)12-4-2-3-11(13)7-12/h2-4,7,10,14H,5-6,8-9H2,1H3. The van der Waals surface area contributed by atoms with Gasteiger partial charge in [0.15, 0.2) is 0 Å². The second-order valence-corrected chi connectivity index (χ2v) is 7.72. The molecule has 1 fully saturated rings. The molecule has 0 bridgehead atoms. The van der Waals surface area contributed by atoms with Crippen LogP contribution in [0.25, 0.3) is 0 Å². The van der Waals surface area contributed by atoms with Crippen molar-refractivity contribution in [2.75, 3.05) is 26.7 Å². The van der Waals surface area contributed by atoms with Crippen LogP contribution in [-0.4, -0.2) is 39.4 Å². The molecule has 1 saturated heterocycles. The van der Waals surface area contributed by atoms with Crippen molar-refractivity contribution in [3.05, 3.63) is 27.8 Å². The Balaban J connectivity index is 2.18. The number of rotatable bonds is 4. The van der Waals surface area contributed by atoms with Gasteiger partial charge in [0.2, 0.25) is 10.0 Å². The average Bonchev–Trinajstić information content (AvgIpc) is 2.79. The molecule has 1 atom stereocenters. The van der Waals surface area contributed by atoms with Gasteiger partial charge in [0.1, 0.15) is 0 Å². The second-order valence-electron chi connectivity index (χ2n) is 4.53. The number of hydrogen-bond acceptors (Lipinski definition) is 3. The van der Waals surface area contributed by atoms with Gasteiger partial charge in [-0.15, -0.1) is 0 Å². The Kier molecular flexibility index (Phi) is 4.63.